The molecule has 6 aromatic rings. The van der Waals surface area contributed by atoms with E-state index in [9.17, 15) is 18.5 Å². The number of hydrogen-bond donors (Lipinski definition) is 4. The molecule has 0 spiro atoms. The van der Waals surface area contributed by atoms with Crippen LogP contribution in [0.3, 0.4) is 0 Å². The highest BCUT2D eigenvalue weighted by atomic mass is 31.2. The predicted octanol–water partition coefficient (Wildman–Crippen LogP) is 7.08. The second-order valence-corrected chi connectivity index (χ2v) is 14.2. The molecular formula is C41H42FN4O11P. The molecule has 0 aliphatic rings. The number of methoxy groups -OCH3 is 5. The van der Waals surface area contributed by atoms with E-state index >= 15 is 0 Å². The third-order valence-electron chi connectivity index (χ3n) is 9.10. The van der Waals surface area contributed by atoms with Crippen LogP contribution in [0, 0.1) is 5.82 Å². The average Bonchev–Trinajstić information content (AvgIpc) is 3.86. The van der Waals surface area contributed by atoms with Gasteiger partial charge >= 0.3 is 19.8 Å². The van der Waals surface area contributed by atoms with E-state index in [1.54, 1.807) is 36.7 Å². The lowest BCUT2D eigenvalue weighted by Crippen LogP contribution is -2.42. The first kappa shape index (κ1) is 41.5. The van der Waals surface area contributed by atoms with Gasteiger partial charge in [0.1, 0.15) is 12.1 Å². The minimum atomic E-state index is -4.93. The molecule has 17 heteroatoms. The molecule has 0 fully saturated rings. The number of para-hydroxylation sites is 2. The fourth-order valence-corrected chi connectivity index (χ4v) is 7.21. The number of phosphoric acid groups is 1. The molecule has 0 bridgehead atoms. The lowest BCUT2D eigenvalue weighted by atomic mass is 10.1. The van der Waals surface area contributed by atoms with Crippen molar-refractivity contribution >= 4 is 53.7 Å². The van der Waals surface area contributed by atoms with E-state index in [-0.39, 0.29) is 35.8 Å². The first-order valence-electron chi connectivity index (χ1n) is 17.8. The summed E-state index contributed by atoms with van der Waals surface area (Å²) in [7, 11) is 1.58. The molecule has 0 unspecified atom stereocenters. The molecule has 0 saturated carbocycles. The number of halogens is 1. The molecule has 58 heavy (non-hydrogen) atoms. The molecule has 0 amide bonds. The van der Waals surface area contributed by atoms with Crippen LogP contribution in [0.1, 0.15) is 22.3 Å². The van der Waals surface area contributed by atoms with Crippen LogP contribution in [0.4, 0.5) is 4.39 Å². The van der Waals surface area contributed by atoms with Crippen molar-refractivity contribution in [2.24, 2.45) is 0 Å². The van der Waals surface area contributed by atoms with Crippen molar-refractivity contribution in [1.29, 1.82) is 0 Å². The summed E-state index contributed by atoms with van der Waals surface area (Å²) in [6.45, 7) is 0. The van der Waals surface area contributed by atoms with Gasteiger partial charge in [-0.25, -0.2) is 8.96 Å². The van der Waals surface area contributed by atoms with Crippen molar-refractivity contribution in [3.63, 3.8) is 0 Å². The topological polar surface area (TPSA) is 181 Å². The summed E-state index contributed by atoms with van der Waals surface area (Å²) in [4.78, 5) is 32.4. The van der Waals surface area contributed by atoms with Crippen molar-refractivity contribution in [2.75, 3.05) is 35.5 Å². The van der Waals surface area contributed by atoms with Crippen LogP contribution >= 0.6 is 7.82 Å². The number of fused-ring (bicyclic) bond motifs is 2. The summed E-state index contributed by atoms with van der Waals surface area (Å²) < 4.78 is 72.7. The van der Waals surface area contributed by atoms with E-state index in [1.165, 1.54) is 53.7 Å². The lowest BCUT2D eigenvalue weighted by molar-refractivity contribution is -0.146. The number of esters is 2. The van der Waals surface area contributed by atoms with Crippen molar-refractivity contribution in [3.8, 4) is 23.0 Å². The highest BCUT2D eigenvalue weighted by Crippen LogP contribution is 2.50. The van der Waals surface area contributed by atoms with Crippen molar-refractivity contribution in [1.82, 2.24) is 20.9 Å². The number of hydroxylamine groups is 2. The van der Waals surface area contributed by atoms with Crippen LogP contribution < -0.4 is 29.7 Å². The molecule has 2 atom stereocenters. The standard InChI is InChI=1S/C41H42FN4O11P/c1-50-36-17-16-25(14-15-26-18-31(42)39(52-3)38(20-26)51-2)19-37(36)55-58(49,56-45-34(40(47)53-4)21-27-23-43-32-12-8-6-10-29(27)32)57-46-35(41(48)54-5)22-28-24-44-33-13-9-7-11-30(28)33/h6-20,23-24,34-35,43-46H,21-22H2,1-5H3/b15-14-/t34-,35-/m0/s1. The molecule has 4 aromatic carbocycles. The molecule has 0 aliphatic heterocycles. The lowest BCUT2D eigenvalue weighted by Gasteiger charge is -2.24. The number of hydrogen-bond acceptors (Lipinski definition) is 13. The van der Waals surface area contributed by atoms with Gasteiger partial charge in [0.05, 0.1) is 35.5 Å². The van der Waals surface area contributed by atoms with Crippen molar-refractivity contribution in [3.05, 3.63) is 119 Å². The first-order valence-corrected chi connectivity index (χ1v) is 19.3. The maximum absolute atomic E-state index is 14.7. The zero-order valence-electron chi connectivity index (χ0n) is 32.2. The minimum Gasteiger partial charge on any atom is -0.493 e. The Bertz CT molecular complexity index is 2360. The summed E-state index contributed by atoms with van der Waals surface area (Å²) in [5, 5.41) is 1.69. The van der Waals surface area contributed by atoms with Gasteiger partial charge in [0.2, 0.25) is 0 Å². The fourth-order valence-electron chi connectivity index (χ4n) is 6.20. The molecular weight excluding hydrogens is 774 g/mol. The minimum absolute atomic E-state index is 0.0375. The van der Waals surface area contributed by atoms with Crippen LogP contribution in [0.15, 0.2) is 91.3 Å². The maximum Gasteiger partial charge on any atom is 0.564 e. The number of rotatable bonds is 19. The molecule has 4 N–H and O–H groups in total. The molecule has 2 aromatic heterocycles. The highest BCUT2D eigenvalue weighted by molar-refractivity contribution is 7.48. The molecule has 15 nitrogen and oxygen atoms in total. The Hall–Kier alpha value is -6.16. The Morgan fingerprint density at radius 1 is 0.672 bits per heavy atom. The van der Waals surface area contributed by atoms with Gasteiger partial charge in [0, 0.05) is 47.0 Å². The van der Waals surface area contributed by atoms with Crippen molar-refractivity contribution in [2.45, 2.75) is 24.9 Å². The fraction of sp³-hybridized carbons (Fsp3) is 0.220. The van der Waals surface area contributed by atoms with Gasteiger partial charge in [0.15, 0.2) is 28.8 Å². The zero-order chi connectivity index (χ0) is 41.2. The maximum atomic E-state index is 14.7. The molecule has 0 radical (unpaired) electrons. The number of ether oxygens (including phenoxy) is 5. The van der Waals surface area contributed by atoms with Gasteiger partial charge < -0.3 is 38.2 Å². The number of carbonyl (C=O) groups is 2. The van der Waals surface area contributed by atoms with Crippen molar-refractivity contribution < 1.29 is 56.0 Å². The number of aromatic nitrogens is 2. The van der Waals surface area contributed by atoms with Crippen LogP contribution in [0.5, 0.6) is 23.0 Å². The van der Waals surface area contributed by atoms with Gasteiger partial charge in [-0.3, -0.25) is 9.59 Å². The molecule has 6 rings (SSSR count). The van der Waals surface area contributed by atoms with E-state index in [1.807, 2.05) is 48.5 Å². The number of carbonyl (C=O) groups excluding carboxylic acids is 2. The van der Waals surface area contributed by atoms with Gasteiger partial charge in [-0.2, -0.15) is 20.2 Å². The van der Waals surface area contributed by atoms with Crippen LogP contribution in [-0.4, -0.2) is 69.5 Å². The number of benzene rings is 4. The third-order valence-corrected chi connectivity index (χ3v) is 10.2. The largest absolute Gasteiger partial charge is 0.564 e. The van der Waals surface area contributed by atoms with E-state index < -0.39 is 37.7 Å². The van der Waals surface area contributed by atoms with Gasteiger partial charge in [0.25, 0.3) is 0 Å². The average molecular weight is 817 g/mol. The first-order chi connectivity index (χ1) is 28.1. The summed E-state index contributed by atoms with van der Waals surface area (Å²) >= 11 is 0. The summed E-state index contributed by atoms with van der Waals surface area (Å²) in [6.07, 6.45) is 6.80. The Morgan fingerprint density at radius 2 is 1.19 bits per heavy atom. The summed E-state index contributed by atoms with van der Waals surface area (Å²) in [6, 6.07) is 20.1. The van der Waals surface area contributed by atoms with E-state index in [0.29, 0.717) is 11.1 Å². The monoisotopic (exact) mass is 816 g/mol. The Labute approximate surface area is 332 Å². The number of H-pyrrole nitrogens is 2. The molecule has 2 heterocycles. The number of aromatic amines is 2. The summed E-state index contributed by atoms with van der Waals surface area (Å²) in [5.74, 6) is -1.95. The Morgan fingerprint density at radius 3 is 1.71 bits per heavy atom. The van der Waals surface area contributed by atoms with Crippen LogP contribution in [0.25, 0.3) is 34.0 Å². The SMILES string of the molecule is COC(=O)[C@H](Cc1c[nH]c2ccccc12)NOP(=O)(ON[C@@H](Cc1c[nH]c2ccccc12)C(=O)OC)Oc1cc(/C=C\c2cc(F)c(OC)c(OC)c2)ccc1OC. The Kier molecular flexibility index (Phi) is 13.5. The van der Waals surface area contributed by atoms with Gasteiger partial charge in [-0.1, -0.05) is 54.6 Å². The van der Waals surface area contributed by atoms with Gasteiger partial charge in [-0.15, -0.1) is 0 Å². The quantitative estimate of drug-likeness (QED) is 0.0282. The predicted molar refractivity (Wildman–Crippen MR) is 214 cm³/mol. The zero-order valence-corrected chi connectivity index (χ0v) is 33.1. The van der Waals surface area contributed by atoms with Crippen LogP contribution in [-0.2, 0) is 45.7 Å². The van der Waals surface area contributed by atoms with E-state index in [4.69, 9.17) is 37.5 Å². The summed E-state index contributed by atoms with van der Waals surface area (Å²) in [5.41, 5.74) is 9.13. The smallest absolute Gasteiger partial charge is 0.493 e. The molecule has 304 valence electrons. The highest BCUT2D eigenvalue weighted by Gasteiger charge is 2.37. The Balaban J connectivity index is 1.31. The number of nitrogens with one attached hydrogen (secondary N) is 4. The van der Waals surface area contributed by atoms with Crippen LogP contribution in [0.2, 0.25) is 0 Å². The normalized spacial score (nSPS) is 12.7. The van der Waals surface area contributed by atoms with E-state index in [0.717, 1.165) is 32.9 Å². The second kappa shape index (κ2) is 18.9. The second-order valence-electron chi connectivity index (χ2n) is 12.7. The molecule has 0 aliphatic carbocycles. The van der Waals surface area contributed by atoms with E-state index in [2.05, 4.69) is 20.9 Å². The molecule has 0 saturated heterocycles. The third kappa shape index (κ3) is 9.68. The van der Waals surface area contributed by atoms with Gasteiger partial charge in [-0.05, 0) is 58.7 Å².